The minimum Gasteiger partial charge on any atom is -0.444 e. The molecule has 1 unspecified atom stereocenters. The molecular weight excluding hydrogens is 1040 g/mol. The van der Waals surface area contributed by atoms with Crippen molar-refractivity contribution in [2.45, 2.75) is 129 Å². The lowest BCUT2D eigenvalue weighted by Gasteiger charge is -2.35. The number of benzene rings is 2. The van der Waals surface area contributed by atoms with Crippen LogP contribution in [0.2, 0.25) is 0 Å². The molecule has 0 aliphatic carbocycles. The predicted octanol–water partition coefficient (Wildman–Crippen LogP) is 10.8. The van der Waals surface area contributed by atoms with Crippen LogP contribution in [0.5, 0.6) is 0 Å². The van der Waals surface area contributed by atoms with Gasteiger partial charge in [-0.15, -0.1) is 0 Å². The monoisotopic (exact) mass is 1100 g/mol. The number of halogens is 12. The average Bonchev–Trinajstić information content (AvgIpc) is 3.99. The fourth-order valence-corrected chi connectivity index (χ4v) is 8.74. The van der Waals surface area contributed by atoms with Crippen LogP contribution in [0.25, 0.3) is 5.57 Å². The number of rotatable bonds is 8. The van der Waals surface area contributed by atoms with E-state index in [4.69, 9.17) is 9.47 Å². The van der Waals surface area contributed by atoms with E-state index >= 15 is 0 Å². The topological polar surface area (TPSA) is 125 Å². The summed E-state index contributed by atoms with van der Waals surface area (Å²) in [5.74, 6) is 0.0929. The molecule has 4 amide bonds. The summed E-state index contributed by atoms with van der Waals surface area (Å²) in [7, 11) is 0. The first kappa shape index (κ1) is 61.2. The number of nitrogens with zero attached hydrogens (tertiary/aromatic N) is 6. The number of piperazine rings is 2. The molecule has 2 aromatic carbocycles. The van der Waals surface area contributed by atoms with Crippen LogP contribution in [0.15, 0.2) is 42.5 Å². The van der Waals surface area contributed by atoms with Crippen LogP contribution in [0.4, 0.5) is 71.9 Å². The third kappa shape index (κ3) is 17.7. The van der Waals surface area contributed by atoms with E-state index in [0.29, 0.717) is 39.3 Å². The number of amides is 4. The van der Waals surface area contributed by atoms with E-state index in [9.17, 15) is 71.9 Å². The summed E-state index contributed by atoms with van der Waals surface area (Å²) in [6.07, 6.45) is -32.7. The predicted molar refractivity (Wildman–Crippen MR) is 252 cm³/mol. The fourth-order valence-electron chi connectivity index (χ4n) is 8.74. The van der Waals surface area contributed by atoms with Crippen LogP contribution in [-0.2, 0) is 32.0 Å². The second kappa shape index (κ2) is 23.9. The summed E-state index contributed by atoms with van der Waals surface area (Å²) >= 11 is 0. The van der Waals surface area contributed by atoms with Crippen molar-refractivity contribution in [3.05, 3.63) is 75.9 Å². The number of hydrogen-bond acceptors (Lipinski definition) is 10. The van der Waals surface area contributed by atoms with Gasteiger partial charge in [-0.2, -0.15) is 52.7 Å². The van der Waals surface area contributed by atoms with Crippen molar-refractivity contribution in [2.75, 3.05) is 78.5 Å². The van der Waals surface area contributed by atoms with E-state index in [1.54, 1.807) is 30.6 Å². The zero-order valence-corrected chi connectivity index (χ0v) is 43.4. The first-order valence-electron chi connectivity index (χ1n) is 24.3. The van der Waals surface area contributed by atoms with Gasteiger partial charge in [0, 0.05) is 97.5 Å². The van der Waals surface area contributed by atoms with Gasteiger partial charge in [-0.25, -0.2) is 19.2 Å². The largest absolute Gasteiger partial charge is 0.444 e. The molecule has 2 aromatic rings. The maximum atomic E-state index is 12.7. The molecule has 14 nitrogen and oxygen atoms in total. The summed E-state index contributed by atoms with van der Waals surface area (Å²) in [4.78, 5) is 57.9. The molecule has 0 saturated carbocycles. The van der Waals surface area contributed by atoms with Gasteiger partial charge >= 0.3 is 49.1 Å². The highest BCUT2D eigenvalue weighted by atomic mass is 19.4. The molecule has 0 aromatic heterocycles. The number of carbonyl (C=O) groups excluding carboxylic acids is 4. The van der Waals surface area contributed by atoms with Crippen LogP contribution < -0.4 is 0 Å². The zero-order valence-electron chi connectivity index (χ0n) is 43.4. The number of ether oxygens (including phenoxy) is 4. The number of alkyl halides is 12. The summed E-state index contributed by atoms with van der Waals surface area (Å²) in [6.45, 7) is 18.1. The molecule has 4 aliphatic heterocycles. The lowest BCUT2D eigenvalue weighted by Crippen LogP contribution is -2.52. The Bertz CT molecular complexity index is 2330. The van der Waals surface area contributed by atoms with E-state index in [0.717, 1.165) is 55.2 Å². The smallest absolute Gasteiger partial charge is 0.434 e. The number of likely N-dealkylation sites (tertiary alicyclic amines) is 1. The second-order valence-electron chi connectivity index (χ2n) is 21.1. The highest BCUT2D eigenvalue weighted by molar-refractivity contribution is 5.79. The van der Waals surface area contributed by atoms with Crippen molar-refractivity contribution in [2.24, 2.45) is 0 Å². The van der Waals surface area contributed by atoms with E-state index < -0.39 is 66.4 Å². The van der Waals surface area contributed by atoms with Crippen LogP contribution >= 0.6 is 0 Å². The Morgan fingerprint density at radius 3 is 1.37 bits per heavy atom. The SMILES string of the molecule is Cc1ccc(CN2CCN(C(=O)OC(C(F)(F)F)C(F)(F)F)CC2)c(C2=CCN(C(=O)OC(C)(C)C)C2)c1.Cc1ccc(CN2CCN(C(=O)OC(C(F)(F)F)C(F)(F)F)CC2)c(C2CCN(C(=O)OC(C)(C)C)C2)c1. The second-order valence-corrected chi connectivity index (χ2v) is 21.1. The van der Waals surface area contributed by atoms with Crippen molar-refractivity contribution in [3.63, 3.8) is 0 Å². The summed E-state index contributed by atoms with van der Waals surface area (Å²) in [6, 6.07) is 11.9. The molecule has 3 saturated heterocycles. The van der Waals surface area contributed by atoms with Gasteiger partial charge in [-0.1, -0.05) is 53.6 Å². The molecule has 0 radical (unpaired) electrons. The molecule has 0 bridgehead atoms. The molecule has 0 spiro atoms. The maximum Gasteiger partial charge on any atom is 0.434 e. The van der Waals surface area contributed by atoms with E-state index in [-0.39, 0.29) is 64.4 Å². The maximum absolute atomic E-state index is 12.7. The van der Waals surface area contributed by atoms with Crippen molar-refractivity contribution >= 4 is 29.9 Å². The summed E-state index contributed by atoms with van der Waals surface area (Å²) in [5.41, 5.74) is 5.76. The normalized spacial score (nSPS) is 18.7. The molecule has 0 N–H and O–H groups in total. The number of aryl methyl sites for hydroxylation is 2. The van der Waals surface area contributed by atoms with Gasteiger partial charge < -0.3 is 38.5 Å². The minimum atomic E-state index is -5.76. The molecule has 426 valence electrons. The standard InChI is InChI=1S/C25H33F6N3O4.C25H31F6N3O4/c2*1-16-5-6-17(19(13-16)18-7-8-34(15-18)22(36)38-23(2,3)4)14-32-9-11-33(12-10-32)21(35)37-20(24(26,27)28)25(29,30)31/h5-6,13,18,20H,7-12,14-15H2,1-4H3;5-7,13,20H,8-12,14-15H2,1-4H3. The Kier molecular flexibility index (Phi) is 19.3. The first-order chi connectivity index (χ1) is 34.9. The Morgan fingerprint density at radius 1 is 0.526 bits per heavy atom. The van der Waals surface area contributed by atoms with E-state index in [2.05, 4.69) is 15.5 Å². The summed E-state index contributed by atoms with van der Waals surface area (Å²) < 4.78 is 171. The summed E-state index contributed by atoms with van der Waals surface area (Å²) in [5, 5.41) is 0. The third-order valence-corrected chi connectivity index (χ3v) is 12.4. The average molecular weight is 1110 g/mol. The molecule has 26 heteroatoms. The Morgan fingerprint density at radius 2 is 0.934 bits per heavy atom. The fraction of sp³-hybridized carbons (Fsp3) is 0.640. The van der Waals surface area contributed by atoms with Gasteiger partial charge in [0.15, 0.2) is 0 Å². The van der Waals surface area contributed by atoms with Crippen molar-refractivity contribution in [1.82, 2.24) is 29.4 Å². The van der Waals surface area contributed by atoms with Gasteiger partial charge in [-0.05, 0) is 89.6 Å². The van der Waals surface area contributed by atoms with Gasteiger partial charge in [0.2, 0.25) is 0 Å². The first-order valence-corrected chi connectivity index (χ1v) is 24.3. The van der Waals surface area contributed by atoms with Crippen LogP contribution in [0.3, 0.4) is 0 Å². The van der Waals surface area contributed by atoms with Gasteiger partial charge in [0.25, 0.3) is 12.2 Å². The minimum absolute atomic E-state index is 0.0711. The van der Waals surface area contributed by atoms with Gasteiger partial charge in [-0.3, -0.25) is 9.80 Å². The Labute approximate surface area is 432 Å². The molecule has 6 rings (SSSR count). The number of hydrogen-bond donors (Lipinski definition) is 0. The molecule has 3 fully saturated rings. The van der Waals surface area contributed by atoms with Crippen LogP contribution in [-0.4, -0.2) is 180 Å². The Balaban J connectivity index is 0.000000281. The van der Waals surface area contributed by atoms with Gasteiger partial charge in [0.05, 0.1) is 0 Å². The lowest BCUT2D eigenvalue weighted by atomic mass is 9.91. The van der Waals surface area contributed by atoms with E-state index in [1.807, 2.05) is 80.8 Å². The van der Waals surface area contributed by atoms with Crippen molar-refractivity contribution in [3.8, 4) is 0 Å². The van der Waals surface area contributed by atoms with Crippen molar-refractivity contribution < 1.29 is 90.8 Å². The molecule has 4 aliphatic rings. The molecule has 76 heavy (non-hydrogen) atoms. The Hall–Kier alpha value is -5.66. The molecule has 1 atom stereocenters. The van der Waals surface area contributed by atoms with Crippen molar-refractivity contribution in [1.29, 1.82) is 0 Å². The number of carbonyl (C=O) groups is 4. The highest BCUT2D eigenvalue weighted by Crippen LogP contribution is 2.38. The molecular formula is C50H64F12N6O8. The highest BCUT2D eigenvalue weighted by Gasteiger charge is 2.61. The third-order valence-electron chi connectivity index (χ3n) is 12.4. The quantitative estimate of drug-likeness (QED) is 0.186. The van der Waals surface area contributed by atoms with E-state index in [1.165, 1.54) is 0 Å². The zero-order chi connectivity index (χ0) is 56.9. The van der Waals surface area contributed by atoms with Crippen LogP contribution in [0, 0.1) is 13.8 Å². The van der Waals surface area contributed by atoms with Crippen LogP contribution in [0.1, 0.15) is 87.3 Å². The van der Waals surface area contributed by atoms with Gasteiger partial charge in [0.1, 0.15) is 11.2 Å². The lowest BCUT2D eigenvalue weighted by molar-refractivity contribution is -0.309. The molecule has 4 heterocycles.